The lowest BCUT2D eigenvalue weighted by atomic mass is 9.99. The normalized spacial score (nSPS) is 11.6. The van der Waals surface area contributed by atoms with Crippen LogP contribution in [0.2, 0.25) is 0 Å². The molecule has 0 saturated carbocycles. The fourth-order valence-corrected chi connectivity index (χ4v) is 2.53. The highest BCUT2D eigenvalue weighted by molar-refractivity contribution is 5.92. The van der Waals surface area contributed by atoms with Gasteiger partial charge in [-0.15, -0.1) is 0 Å². The van der Waals surface area contributed by atoms with Crippen molar-refractivity contribution in [3.63, 3.8) is 0 Å². The number of carbonyl (C=O) groups excluding carboxylic acids is 3. The zero-order valence-electron chi connectivity index (χ0n) is 15.7. The Morgan fingerprint density at radius 1 is 0.893 bits per heavy atom. The van der Waals surface area contributed by atoms with Gasteiger partial charge in [0.05, 0.1) is 12.6 Å². The first-order valence-electron chi connectivity index (χ1n) is 8.98. The van der Waals surface area contributed by atoms with Crippen LogP contribution in [0, 0.1) is 0 Å². The first-order valence-corrected chi connectivity index (χ1v) is 8.98. The molecule has 28 heavy (non-hydrogen) atoms. The van der Waals surface area contributed by atoms with Crippen molar-refractivity contribution in [1.82, 2.24) is 5.32 Å². The van der Waals surface area contributed by atoms with Crippen LogP contribution in [-0.4, -0.2) is 31.1 Å². The number of ether oxygens (including phenoxy) is 2. The molecule has 2 aromatic carbocycles. The Morgan fingerprint density at radius 2 is 1.46 bits per heavy atom. The third-order valence-electron chi connectivity index (χ3n) is 3.81. The second-order valence-corrected chi connectivity index (χ2v) is 5.91. The summed E-state index contributed by atoms with van der Waals surface area (Å²) in [4.78, 5) is 35.0. The molecule has 0 unspecified atom stereocenters. The lowest BCUT2D eigenvalue weighted by Crippen LogP contribution is -2.33. The van der Waals surface area contributed by atoms with Crippen molar-refractivity contribution in [2.24, 2.45) is 0 Å². The zero-order chi connectivity index (χ0) is 20.2. The molecule has 146 valence electrons. The highest BCUT2D eigenvalue weighted by Crippen LogP contribution is 2.18. The van der Waals surface area contributed by atoms with E-state index in [9.17, 15) is 14.4 Å². The maximum absolute atomic E-state index is 12.3. The van der Waals surface area contributed by atoms with Crippen LogP contribution in [-0.2, 0) is 30.3 Å². The fourth-order valence-electron chi connectivity index (χ4n) is 2.53. The Morgan fingerprint density at radius 3 is 2.07 bits per heavy atom. The van der Waals surface area contributed by atoms with Gasteiger partial charge in [0.15, 0.2) is 6.61 Å². The number of hydrogen-bond donors (Lipinski definition) is 1. The summed E-state index contributed by atoms with van der Waals surface area (Å²) in [6.07, 6.45) is 2.50. The minimum atomic E-state index is -0.789. The van der Waals surface area contributed by atoms with E-state index >= 15 is 0 Å². The fraction of sp³-hybridized carbons (Fsp3) is 0.227. The quantitative estimate of drug-likeness (QED) is 0.534. The largest absolute Gasteiger partial charge is 0.463 e. The molecule has 0 aliphatic rings. The number of benzene rings is 2. The molecule has 0 spiro atoms. The number of rotatable bonds is 9. The second kappa shape index (κ2) is 11.3. The van der Waals surface area contributed by atoms with Gasteiger partial charge in [0, 0.05) is 12.2 Å². The van der Waals surface area contributed by atoms with Gasteiger partial charge in [-0.2, -0.15) is 0 Å². The Balaban J connectivity index is 1.93. The lowest BCUT2D eigenvalue weighted by molar-refractivity contribution is -0.144. The maximum atomic E-state index is 12.3. The zero-order valence-corrected chi connectivity index (χ0v) is 15.7. The first-order chi connectivity index (χ1) is 13.6. The molecule has 0 heterocycles. The van der Waals surface area contributed by atoms with Gasteiger partial charge in [0.25, 0.3) is 5.91 Å². The van der Waals surface area contributed by atoms with Gasteiger partial charge in [-0.25, -0.2) is 9.59 Å². The Labute approximate surface area is 164 Å². The standard InChI is InChI=1S/C22H23NO5/c1-2-27-21(25)13-14-22(26)28-16-20(24)23-19(18-11-7-4-8-12-18)15-17-9-5-3-6-10-17/h3-14,19H,2,15-16H2,1H3,(H,23,24)/b14-13+/t19-/m0/s1. The van der Waals surface area contributed by atoms with Crippen LogP contribution in [0.1, 0.15) is 24.1 Å². The van der Waals surface area contributed by atoms with Crippen LogP contribution in [0.25, 0.3) is 0 Å². The molecule has 0 aromatic heterocycles. The molecule has 2 aromatic rings. The van der Waals surface area contributed by atoms with Crippen molar-refractivity contribution in [2.45, 2.75) is 19.4 Å². The third-order valence-corrected chi connectivity index (χ3v) is 3.81. The average molecular weight is 381 g/mol. The van der Waals surface area contributed by atoms with Gasteiger partial charge < -0.3 is 14.8 Å². The molecule has 0 fully saturated rings. The number of hydrogen-bond acceptors (Lipinski definition) is 5. The van der Waals surface area contributed by atoms with E-state index in [4.69, 9.17) is 4.74 Å². The SMILES string of the molecule is CCOC(=O)/C=C/C(=O)OCC(=O)N[C@@H](Cc1ccccc1)c1ccccc1. The Kier molecular flexibility index (Phi) is 8.46. The number of amides is 1. The summed E-state index contributed by atoms with van der Waals surface area (Å²) in [5.41, 5.74) is 2.03. The summed E-state index contributed by atoms with van der Waals surface area (Å²) in [5, 5.41) is 2.89. The minimum absolute atomic E-state index is 0.211. The lowest BCUT2D eigenvalue weighted by Gasteiger charge is -2.19. The summed E-state index contributed by atoms with van der Waals surface area (Å²) in [6, 6.07) is 19.1. The van der Waals surface area contributed by atoms with E-state index in [1.165, 1.54) is 0 Å². The molecule has 6 nitrogen and oxygen atoms in total. The number of nitrogens with one attached hydrogen (secondary N) is 1. The molecule has 0 aliphatic heterocycles. The van der Waals surface area contributed by atoms with E-state index in [2.05, 4.69) is 10.1 Å². The summed E-state index contributed by atoms with van der Waals surface area (Å²) in [7, 11) is 0. The van der Waals surface area contributed by atoms with Crippen LogP contribution in [0.3, 0.4) is 0 Å². The van der Waals surface area contributed by atoms with E-state index in [1.54, 1.807) is 6.92 Å². The Hall–Kier alpha value is -3.41. The van der Waals surface area contributed by atoms with Gasteiger partial charge in [0.1, 0.15) is 0 Å². The van der Waals surface area contributed by atoms with Crippen molar-refractivity contribution in [2.75, 3.05) is 13.2 Å². The van der Waals surface area contributed by atoms with Crippen molar-refractivity contribution in [3.05, 3.63) is 83.9 Å². The predicted molar refractivity (Wildman–Crippen MR) is 104 cm³/mol. The number of esters is 2. The van der Waals surface area contributed by atoms with E-state index in [0.717, 1.165) is 23.3 Å². The summed E-state index contributed by atoms with van der Waals surface area (Å²) in [6.45, 7) is 1.43. The molecular formula is C22H23NO5. The van der Waals surface area contributed by atoms with Gasteiger partial charge >= 0.3 is 11.9 Å². The summed E-state index contributed by atoms with van der Waals surface area (Å²) < 4.78 is 9.54. The molecule has 0 aliphatic carbocycles. The summed E-state index contributed by atoms with van der Waals surface area (Å²) in [5.74, 6) is -1.86. The molecule has 0 radical (unpaired) electrons. The average Bonchev–Trinajstić information content (AvgIpc) is 2.72. The smallest absolute Gasteiger partial charge is 0.331 e. The maximum Gasteiger partial charge on any atom is 0.331 e. The minimum Gasteiger partial charge on any atom is -0.463 e. The monoisotopic (exact) mass is 381 g/mol. The Bertz CT molecular complexity index is 802. The molecule has 0 bridgehead atoms. The van der Waals surface area contributed by atoms with E-state index in [-0.39, 0.29) is 12.6 Å². The topological polar surface area (TPSA) is 81.7 Å². The molecule has 1 amide bonds. The van der Waals surface area contributed by atoms with Gasteiger partial charge in [0.2, 0.25) is 0 Å². The van der Waals surface area contributed by atoms with E-state index < -0.39 is 24.5 Å². The molecule has 1 atom stereocenters. The predicted octanol–water partition coefficient (Wildman–Crippen LogP) is 2.75. The van der Waals surface area contributed by atoms with Crippen molar-refractivity contribution in [1.29, 1.82) is 0 Å². The van der Waals surface area contributed by atoms with Crippen LogP contribution in [0.5, 0.6) is 0 Å². The van der Waals surface area contributed by atoms with Crippen LogP contribution < -0.4 is 5.32 Å². The van der Waals surface area contributed by atoms with E-state index in [1.807, 2.05) is 60.7 Å². The van der Waals surface area contributed by atoms with Gasteiger partial charge in [-0.1, -0.05) is 60.7 Å². The molecular weight excluding hydrogens is 358 g/mol. The highest BCUT2D eigenvalue weighted by Gasteiger charge is 2.16. The molecule has 6 heteroatoms. The van der Waals surface area contributed by atoms with Gasteiger partial charge in [-0.05, 0) is 24.5 Å². The summed E-state index contributed by atoms with van der Waals surface area (Å²) >= 11 is 0. The third kappa shape index (κ3) is 7.45. The van der Waals surface area contributed by atoms with Crippen LogP contribution in [0.4, 0.5) is 0 Å². The second-order valence-electron chi connectivity index (χ2n) is 5.91. The van der Waals surface area contributed by atoms with E-state index in [0.29, 0.717) is 6.42 Å². The first kappa shape index (κ1) is 20.9. The van der Waals surface area contributed by atoms with Crippen LogP contribution in [0.15, 0.2) is 72.8 Å². The molecule has 0 saturated heterocycles. The number of carbonyl (C=O) groups is 3. The van der Waals surface area contributed by atoms with Gasteiger partial charge in [-0.3, -0.25) is 4.79 Å². The molecule has 1 N–H and O–H groups in total. The molecule has 2 rings (SSSR count). The van der Waals surface area contributed by atoms with Crippen molar-refractivity contribution in [3.8, 4) is 0 Å². The van der Waals surface area contributed by atoms with Crippen molar-refractivity contribution < 1.29 is 23.9 Å². The highest BCUT2D eigenvalue weighted by atomic mass is 16.5. The van der Waals surface area contributed by atoms with Crippen molar-refractivity contribution >= 4 is 17.8 Å². The van der Waals surface area contributed by atoms with Crippen LogP contribution >= 0.6 is 0 Å².